The Hall–Kier alpha value is -1.65. The van der Waals surface area contributed by atoms with E-state index in [2.05, 4.69) is 20.3 Å². The molecule has 1 aliphatic heterocycles. The van der Waals surface area contributed by atoms with Gasteiger partial charge in [-0.3, -0.25) is 9.79 Å². The third-order valence-electron chi connectivity index (χ3n) is 3.66. The Bertz CT molecular complexity index is 673. The van der Waals surface area contributed by atoms with E-state index in [1.807, 2.05) is 0 Å². The van der Waals surface area contributed by atoms with Crippen molar-refractivity contribution in [2.24, 2.45) is 4.99 Å². The van der Waals surface area contributed by atoms with Crippen molar-refractivity contribution in [3.8, 4) is 0 Å². The molecule has 2 heterocycles. The first-order chi connectivity index (χ1) is 11.4. The van der Waals surface area contributed by atoms with Gasteiger partial charge in [-0.1, -0.05) is 6.07 Å². The number of carbonyl (C=O) groups excluding carboxylic acids is 1. The van der Waals surface area contributed by atoms with Gasteiger partial charge in [0, 0.05) is 46.2 Å². The van der Waals surface area contributed by atoms with Crippen LogP contribution in [0.5, 0.6) is 0 Å². The summed E-state index contributed by atoms with van der Waals surface area (Å²) in [5, 5.41) is 8.05. The summed E-state index contributed by atoms with van der Waals surface area (Å²) in [4.78, 5) is 17.3. The van der Waals surface area contributed by atoms with Gasteiger partial charge in [-0.25, -0.2) is 13.1 Å². The number of sulfonamides is 1. The second-order valence-corrected chi connectivity index (χ2v) is 8.42. The van der Waals surface area contributed by atoms with Crippen molar-refractivity contribution in [1.82, 2.24) is 20.3 Å². The van der Waals surface area contributed by atoms with Crippen LogP contribution in [-0.4, -0.2) is 65.0 Å². The molecule has 1 amide bonds. The van der Waals surface area contributed by atoms with Crippen molar-refractivity contribution in [2.45, 2.75) is 23.1 Å². The van der Waals surface area contributed by atoms with Crippen molar-refractivity contribution in [2.75, 3.05) is 33.7 Å². The summed E-state index contributed by atoms with van der Waals surface area (Å²) in [5.41, 5.74) is 0. The molecule has 1 atom stereocenters. The molecule has 1 aliphatic rings. The first kappa shape index (κ1) is 18.7. The number of thiophene rings is 1. The van der Waals surface area contributed by atoms with Crippen LogP contribution < -0.4 is 15.4 Å². The number of likely N-dealkylation sites (N-methyl/N-ethyl adjacent to an activating group) is 1. The maximum Gasteiger partial charge on any atom is 0.250 e. The molecule has 0 aliphatic carbocycles. The number of rotatable bonds is 6. The second kappa shape index (κ2) is 8.45. The number of carbonyl (C=O) groups is 1. The number of nitrogens with one attached hydrogen (secondary N) is 3. The Kier molecular flexibility index (Phi) is 6.58. The minimum absolute atomic E-state index is 0.140. The zero-order chi connectivity index (χ0) is 17.6. The molecule has 10 heteroatoms. The summed E-state index contributed by atoms with van der Waals surface area (Å²) in [6, 6.07) is 3.42. The summed E-state index contributed by atoms with van der Waals surface area (Å²) in [5.74, 6) is 0.747. The van der Waals surface area contributed by atoms with Gasteiger partial charge in [0.25, 0.3) is 0 Å². The number of likely N-dealkylation sites (tertiary alicyclic amines) is 1. The predicted molar refractivity (Wildman–Crippen MR) is 94.7 cm³/mol. The Morgan fingerprint density at radius 3 is 2.88 bits per heavy atom. The molecule has 1 aromatic rings. The fraction of sp³-hybridized carbons (Fsp3) is 0.571. The van der Waals surface area contributed by atoms with Crippen LogP contribution in [0.25, 0.3) is 0 Å². The quantitative estimate of drug-likeness (QED) is 0.364. The molecule has 0 radical (unpaired) electrons. The Morgan fingerprint density at radius 1 is 1.46 bits per heavy atom. The van der Waals surface area contributed by atoms with Gasteiger partial charge in [-0.2, -0.15) is 0 Å². The summed E-state index contributed by atoms with van der Waals surface area (Å²) in [6.07, 6.45) is 1.28. The van der Waals surface area contributed by atoms with Gasteiger partial charge in [0.05, 0.1) is 0 Å². The van der Waals surface area contributed by atoms with Crippen LogP contribution in [-0.2, 0) is 14.8 Å². The average Bonchev–Trinajstić information content (AvgIpc) is 3.09. The first-order valence-electron chi connectivity index (χ1n) is 7.66. The summed E-state index contributed by atoms with van der Waals surface area (Å²) >= 11 is 1.18. The third kappa shape index (κ3) is 5.18. The van der Waals surface area contributed by atoms with Crippen LogP contribution in [0.2, 0.25) is 0 Å². The van der Waals surface area contributed by atoms with Crippen LogP contribution in [0.4, 0.5) is 0 Å². The smallest absolute Gasteiger partial charge is 0.250 e. The minimum Gasteiger partial charge on any atom is -0.355 e. The summed E-state index contributed by atoms with van der Waals surface area (Å²) < 4.78 is 26.8. The van der Waals surface area contributed by atoms with E-state index < -0.39 is 10.0 Å². The summed E-state index contributed by atoms with van der Waals surface area (Å²) in [7, 11) is 0.000908. The lowest BCUT2D eigenvalue weighted by molar-refractivity contribution is -0.132. The number of hydrogen-bond acceptors (Lipinski definition) is 5. The number of aliphatic imine (C=N–C) groups is 1. The van der Waals surface area contributed by atoms with E-state index in [1.165, 1.54) is 11.3 Å². The van der Waals surface area contributed by atoms with Crippen LogP contribution in [0, 0.1) is 0 Å². The number of nitrogens with zero attached hydrogens (tertiary/aromatic N) is 2. The SMILES string of the molecule is CN=C(NCCNS(=O)(=O)c1cccs1)NC1CCC(=O)N(C)C1. The lowest BCUT2D eigenvalue weighted by Crippen LogP contribution is -2.52. The molecular formula is C14H23N5O3S2. The number of guanidine groups is 1. The van der Waals surface area contributed by atoms with Crippen molar-refractivity contribution >= 4 is 33.2 Å². The Balaban J connectivity index is 1.73. The first-order valence-corrected chi connectivity index (χ1v) is 10.0. The van der Waals surface area contributed by atoms with Crippen molar-refractivity contribution < 1.29 is 13.2 Å². The number of amides is 1. The largest absolute Gasteiger partial charge is 0.355 e. The van der Waals surface area contributed by atoms with Crippen molar-refractivity contribution in [3.05, 3.63) is 17.5 Å². The van der Waals surface area contributed by atoms with Crippen LogP contribution in [0.15, 0.2) is 26.7 Å². The van der Waals surface area contributed by atoms with Crippen LogP contribution in [0.1, 0.15) is 12.8 Å². The molecule has 0 bridgehead atoms. The van der Waals surface area contributed by atoms with Gasteiger partial charge < -0.3 is 15.5 Å². The van der Waals surface area contributed by atoms with Crippen molar-refractivity contribution in [3.63, 3.8) is 0 Å². The van der Waals surface area contributed by atoms with Gasteiger partial charge >= 0.3 is 0 Å². The Morgan fingerprint density at radius 2 is 2.25 bits per heavy atom. The van der Waals surface area contributed by atoms with Crippen LogP contribution in [0.3, 0.4) is 0 Å². The average molecular weight is 374 g/mol. The van der Waals surface area contributed by atoms with E-state index in [0.717, 1.165) is 6.42 Å². The fourth-order valence-electron chi connectivity index (χ4n) is 2.37. The molecule has 1 aromatic heterocycles. The Labute approximate surface area is 146 Å². The lowest BCUT2D eigenvalue weighted by Gasteiger charge is -2.31. The third-order valence-corrected chi connectivity index (χ3v) is 6.52. The van der Waals surface area contributed by atoms with Gasteiger partial charge in [-0.05, 0) is 17.9 Å². The van der Waals surface area contributed by atoms with E-state index in [-0.39, 0.29) is 18.5 Å². The highest BCUT2D eigenvalue weighted by atomic mass is 32.2. The normalized spacial score (nSPS) is 19.4. The number of piperidine rings is 1. The van der Waals surface area contributed by atoms with Crippen LogP contribution >= 0.6 is 11.3 Å². The molecule has 1 saturated heterocycles. The molecule has 0 spiro atoms. The molecular weight excluding hydrogens is 350 g/mol. The molecule has 1 unspecified atom stereocenters. The maximum atomic E-state index is 12.0. The maximum absolute atomic E-state index is 12.0. The molecule has 0 saturated carbocycles. The van der Waals surface area contributed by atoms with Gasteiger partial charge in [0.1, 0.15) is 4.21 Å². The van der Waals surface area contributed by atoms with E-state index in [0.29, 0.717) is 29.7 Å². The topological polar surface area (TPSA) is 103 Å². The van der Waals surface area contributed by atoms with E-state index in [1.54, 1.807) is 36.5 Å². The standard InChI is InChI=1S/C14H23N5O3S2/c1-15-14(18-11-5-6-12(20)19(2)10-11)16-7-8-17-24(21,22)13-4-3-9-23-13/h3-4,9,11,17H,5-8,10H2,1-2H3,(H2,15,16,18). The predicted octanol–water partition coefficient (Wildman–Crippen LogP) is -0.188. The highest BCUT2D eigenvalue weighted by Crippen LogP contribution is 2.14. The van der Waals surface area contributed by atoms with Crippen molar-refractivity contribution in [1.29, 1.82) is 0 Å². The highest BCUT2D eigenvalue weighted by Gasteiger charge is 2.23. The zero-order valence-corrected chi connectivity index (χ0v) is 15.4. The number of hydrogen-bond donors (Lipinski definition) is 3. The van der Waals surface area contributed by atoms with E-state index >= 15 is 0 Å². The van der Waals surface area contributed by atoms with E-state index in [9.17, 15) is 13.2 Å². The fourth-order valence-corrected chi connectivity index (χ4v) is 4.44. The van der Waals surface area contributed by atoms with Gasteiger partial charge in [0.15, 0.2) is 5.96 Å². The second-order valence-electron chi connectivity index (χ2n) is 5.48. The highest BCUT2D eigenvalue weighted by molar-refractivity contribution is 7.91. The van der Waals surface area contributed by atoms with E-state index in [4.69, 9.17) is 0 Å². The summed E-state index contributed by atoms with van der Waals surface area (Å²) in [6.45, 7) is 1.29. The zero-order valence-electron chi connectivity index (χ0n) is 13.8. The molecule has 134 valence electrons. The molecule has 3 N–H and O–H groups in total. The minimum atomic E-state index is -3.44. The monoisotopic (exact) mass is 373 g/mol. The molecule has 0 aromatic carbocycles. The lowest BCUT2D eigenvalue weighted by atomic mass is 10.1. The molecule has 24 heavy (non-hydrogen) atoms. The molecule has 2 rings (SSSR count). The molecule has 8 nitrogen and oxygen atoms in total. The van der Waals surface area contributed by atoms with Gasteiger partial charge in [-0.15, -0.1) is 11.3 Å². The molecule has 1 fully saturated rings. The van der Waals surface area contributed by atoms with Gasteiger partial charge in [0.2, 0.25) is 15.9 Å².